The molecule has 6 aromatic rings. The fourth-order valence-electron chi connectivity index (χ4n) is 12.6. The lowest BCUT2D eigenvalue weighted by molar-refractivity contribution is -0.144. The van der Waals surface area contributed by atoms with Crippen molar-refractivity contribution in [2.45, 2.75) is 155 Å². The molecule has 9 rings (SSSR count). The minimum absolute atomic E-state index is 0.0298. The van der Waals surface area contributed by atoms with Crippen LogP contribution in [-0.4, -0.2) is 153 Å². The number of H-pyrrole nitrogens is 1. The molecule has 562 valence electrons. The lowest BCUT2D eigenvalue weighted by atomic mass is 9.85. The van der Waals surface area contributed by atoms with E-state index in [0.29, 0.717) is 66.7 Å². The summed E-state index contributed by atoms with van der Waals surface area (Å²) in [5.74, 6) is -5.99. The van der Waals surface area contributed by atoms with Crippen LogP contribution in [0.15, 0.2) is 83.5 Å². The van der Waals surface area contributed by atoms with Crippen LogP contribution in [0.3, 0.4) is 0 Å². The maximum absolute atomic E-state index is 15.6. The number of nitrogens with zero attached hydrogens (tertiary/aromatic N) is 6. The van der Waals surface area contributed by atoms with E-state index in [2.05, 4.69) is 40.5 Å². The quantitative estimate of drug-likeness (QED) is 0.00829. The van der Waals surface area contributed by atoms with Crippen LogP contribution < -0.4 is 31.7 Å². The third-order valence-electron chi connectivity index (χ3n) is 17.8. The topological polar surface area (TPSA) is 387 Å². The molecule has 1 fully saturated rings. The van der Waals surface area contributed by atoms with Crippen LogP contribution in [0.5, 0.6) is 0 Å². The number of aryl methyl sites for hydroxylation is 2. The number of aromatic nitrogens is 4. The van der Waals surface area contributed by atoms with Crippen molar-refractivity contribution in [2.24, 2.45) is 12.5 Å². The van der Waals surface area contributed by atoms with Crippen molar-refractivity contribution in [1.82, 2.24) is 50.6 Å². The van der Waals surface area contributed by atoms with E-state index in [0.717, 1.165) is 71.2 Å². The minimum Gasteiger partial charge on any atom is -0.356 e. The van der Waals surface area contributed by atoms with E-state index < -0.39 is 121 Å². The van der Waals surface area contributed by atoms with Gasteiger partial charge in [0.1, 0.15) is 23.4 Å². The molecule has 2 aromatic carbocycles. The number of carbonyl (C=O) groups is 7. The molecule has 0 radical (unpaired) electrons. The summed E-state index contributed by atoms with van der Waals surface area (Å²) in [6, 6.07) is 8.95. The Kier molecular flexibility index (Phi) is 27.1. The molecule has 3 aliphatic rings. The number of thiazole rings is 1. The molecule has 4 aromatic heterocycles. The molecular formula is C69H87F2N11O18P2S2. The Morgan fingerprint density at radius 3 is 2.15 bits per heavy atom. The van der Waals surface area contributed by atoms with Crippen LogP contribution in [0.1, 0.15) is 143 Å². The predicted molar refractivity (Wildman–Crippen MR) is 382 cm³/mol. The van der Waals surface area contributed by atoms with Gasteiger partial charge in [-0.2, -0.15) is 4.31 Å². The van der Waals surface area contributed by atoms with Crippen molar-refractivity contribution in [2.75, 3.05) is 50.7 Å². The second-order valence-electron chi connectivity index (χ2n) is 27.0. The number of benzene rings is 2. The standard InChI is InChI=1S/C69H87F2N11O18P2S2/c1-43-62(103-41-77-43)45-22-20-44(21-23-45)34-76-66(88)55-32-49(97-42-99-102(93,94)100-101(91,92)98-29-27-72-56(83)18-15-13-17-28-80-58(85)24-25-59(80)86)38-82(55)68(90)63(69(2,3)4)78-57(84)19-14-11-9-7-8-10-12-16-26-73-65(87)50-33-54-51(30-46(50)40-104(6,95)96)52-39-79(5)67(89)61-60(52)47(35-74-61)37-81(54)64-53(71)31-48(70)36-75-64/h20-25,30-31,33,35-36,39,41,49,55,63,74H,7-19,26-29,32,34,37-38,40,42H2,1-6H3,(H,72,83)(H,73,87)(H,76,88)(H,78,84)(H,91,92)(H,93,94)/t49-,55+,63-/m1/s1. The summed E-state index contributed by atoms with van der Waals surface area (Å²) in [5.41, 5.74) is 5.37. The van der Waals surface area contributed by atoms with Crippen molar-refractivity contribution in [3.8, 4) is 21.6 Å². The summed E-state index contributed by atoms with van der Waals surface area (Å²) in [5, 5.41) is 11.7. The van der Waals surface area contributed by atoms with Crippen LogP contribution >= 0.6 is 27.0 Å². The van der Waals surface area contributed by atoms with Crippen LogP contribution in [0.4, 0.5) is 20.3 Å². The SMILES string of the molecule is Cc1ncsc1-c1ccc(CNC(=O)[C@@H]2C[C@@H](OCOP(=O)(O)OP(=O)(O)OCCNC(=O)CCCCCN3C(=O)C=CC3=O)CN2C(=O)[C@@H](NC(=O)CCCCCCCCCCNC(=O)c2cc3c(cc2CS(C)(=O)=O)-c2cn(C)c(=O)c4[nH]cc(c24)CN3c2ncc(F)cc2F)C(C)(C)C)cc1. The first kappa shape index (κ1) is 79.9. The molecule has 29 nitrogen and oxygen atoms in total. The summed E-state index contributed by atoms with van der Waals surface area (Å²) >= 11 is 1.49. The zero-order valence-electron chi connectivity index (χ0n) is 58.6. The molecule has 2 unspecified atom stereocenters. The van der Waals surface area contributed by atoms with Gasteiger partial charge in [0.25, 0.3) is 23.3 Å². The normalized spacial score (nSPS) is 16.7. The molecule has 3 aliphatic heterocycles. The Balaban J connectivity index is 0.731. The fourth-order valence-corrected chi connectivity index (χ4v) is 16.1. The second kappa shape index (κ2) is 35.2. The molecule has 0 bridgehead atoms. The van der Waals surface area contributed by atoms with Gasteiger partial charge in [0, 0.05) is 118 Å². The van der Waals surface area contributed by atoms with Gasteiger partial charge in [0.05, 0.1) is 53.0 Å². The van der Waals surface area contributed by atoms with Gasteiger partial charge in [-0.05, 0) is 72.4 Å². The van der Waals surface area contributed by atoms with Crippen molar-refractivity contribution in [3.63, 3.8) is 0 Å². The van der Waals surface area contributed by atoms with Gasteiger partial charge in [-0.3, -0.25) is 52.3 Å². The van der Waals surface area contributed by atoms with E-state index in [9.17, 15) is 70.1 Å². The van der Waals surface area contributed by atoms with Crippen LogP contribution in [0, 0.1) is 24.0 Å². The number of halogens is 2. The van der Waals surface area contributed by atoms with Gasteiger partial charge in [0.2, 0.25) is 23.6 Å². The number of unbranched alkanes of at least 4 members (excludes halogenated alkanes) is 9. The zero-order chi connectivity index (χ0) is 75.3. The highest BCUT2D eigenvalue weighted by Crippen LogP contribution is 2.60. The number of nitrogens with one attached hydrogen (secondary N) is 5. The van der Waals surface area contributed by atoms with Gasteiger partial charge < -0.3 is 55.1 Å². The molecule has 35 heteroatoms. The van der Waals surface area contributed by atoms with Gasteiger partial charge in [-0.25, -0.2) is 36.3 Å². The third kappa shape index (κ3) is 21.5. The lowest BCUT2D eigenvalue weighted by Gasteiger charge is -2.35. The predicted octanol–water partition coefficient (Wildman–Crippen LogP) is 8.72. The van der Waals surface area contributed by atoms with Crippen molar-refractivity contribution >= 4 is 101 Å². The summed E-state index contributed by atoms with van der Waals surface area (Å²) in [7, 11) is -12.8. The molecule has 7 amide bonds. The first-order valence-electron chi connectivity index (χ1n) is 34.1. The minimum atomic E-state index is -5.38. The Hall–Kier alpha value is -8.23. The average Bonchev–Trinajstić information content (AvgIpc) is 1.54. The van der Waals surface area contributed by atoms with E-state index in [4.69, 9.17) is 13.8 Å². The highest BCUT2D eigenvalue weighted by molar-refractivity contribution is 7.89. The van der Waals surface area contributed by atoms with Gasteiger partial charge in [-0.15, -0.1) is 11.3 Å². The average molecular weight is 1520 g/mol. The Bertz CT molecular complexity index is 4470. The number of ether oxygens (including phenoxy) is 1. The number of sulfone groups is 1. The maximum Gasteiger partial charge on any atom is 0.483 e. The molecule has 104 heavy (non-hydrogen) atoms. The number of aromatic amines is 1. The summed E-state index contributed by atoms with van der Waals surface area (Å²) in [6.07, 6.45) is 13.8. The zero-order valence-corrected chi connectivity index (χ0v) is 62.0. The molecule has 0 aliphatic carbocycles. The number of imide groups is 1. The fraction of sp³-hybridized carbons (Fsp3) is 0.478. The highest BCUT2D eigenvalue weighted by atomic mass is 32.2. The Morgan fingerprint density at radius 1 is 0.827 bits per heavy atom. The van der Waals surface area contributed by atoms with E-state index in [1.165, 1.54) is 43.9 Å². The number of likely N-dealkylation sites (tertiary alicyclic amines) is 1. The number of pyridine rings is 2. The third-order valence-corrected chi connectivity index (χ3v) is 22.2. The Morgan fingerprint density at radius 2 is 1.49 bits per heavy atom. The molecule has 5 atom stereocenters. The number of amides is 7. The number of fused-ring (bicyclic) bond motifs is 2. The number of carbonyl (C=O) groups excluding carboxylic acids is 7. The van der Waals surface area contributed by atoms with Gasteiger partial charge >= 0.3 is 15.6 Å². The van der Waals surface area contributed by atoms with Crippen LogP contribution in [0.25, 0.3) is 32.5 Å². The van der Waals surface area contributed by atoms with Gasteiger partial charge in [-0.1, -0.05) is 90.0 Å². The van der Waals surface area contributed by atoms with Crippen molar-refractivity contribution in [3.05, 3.63) is 129 Å². The summed E-state index contributed by atoms with van der Waals surface area (Å²) < 4.78 is 102. The first-order valence-corrected chi connectivity index (χ1v) is 40.1. The molecule has 0 saturated carbocycles. The number of rotatable bonds is 37. The highest BCUT2D eigenvalue weighted by Gasteiger charge is 2.46. The smallest absolute Gasteiger partial charge is 0.356 e. The van der Waals surface area contributed by atoms with Crippen molar-refractivity contribution in [1.29, 1.82) is 0 Å². The number of phosphoric ester groups is 2. The number of hydrogen-bond acceptors (Lipinski definition) is 20. The van der Waals surface area contributed by atoms with Crippen LogP contribution in [0.2, 0.25) is 0 Å². The van der Waals surface area contributed by atoms with E-state index in [1.54, 1.807) is 51.8 Å². The van der Waals surface area contributed by atoms with Gasteiger partial charge in [0.15, 0.2) is 28.3 Å². The number of hydrogen-bond donors (Lipinski definition) is 7. The second-order valence-corrected chi connectivity index (χ2v) is 33.0. The first-order chi connectivity index (χ1) is 49.3. The maximum atomic E-state index is 15.6. The molecule has 7 N–H and O–H groups in total. The van der Waals surface area contributed by atoms with E-state index in [1.807, 2.05) is 31.2 Å². The summed E-state index contributed by atoms with van der Waals surface area (Å²) in [6.45, 7) is 5.54. The number of phosphoric acid groups is 2. The largest absolute Gasteiger partial charge is 0.483 e. The monoisotopic (exact) mass is 1520 g/mol. The summed E-state index contributed by atoms with van der Waals surface area (Å²) in [4.78, 5) is 143. The van der Waals surface area contributed by atoms with E-state index >= 15 is 4.39 Å². The van der Waals surface area contributed by atoms with Crippen LogP contribution in [-0.2, 0) is 91.7 Å². The Labute approximate surface area is 604 Å². The molecular weight excluding hydrogens is 1430 g/mol. The molecule has 7 heterocycles. The van der Waals surface area contributed by atoms with E-state index in [-0.39, 0.29) is 92.2 Å². The lowest BCUT2D eigenvalue weighted by Crippen LogP contribution is -2.57. The number of anilines is 2. The molecule has 1 saturated heterocycles. The van der Waals surface area contributed by atoms with Crippen molar-refractivity contribution < 1.29 is 87.8 Å². The molecule has 0 spiro atoms.